The fraction of sp³-hybridized carbons (Fsp3) is 0.850. The minimum Gasteiger partial charge on any atom is -0.481 e. The first-order valence-electron chi connectivity index (χ1n) is 9.23. The maximum atomic E-state index is 10.9. The van der Waals surface area contributed by atoms with E-state index in [0.717, 1.165) is 32.1 Å². The molecule has 5 atom stereocenters. The van der Waals surface area contributed by atoms with Crippen molar-refractivity contribution >= 4 is 5.97 Å². The largest absolute Gasteiger partial charge is 0.481 e. The number of carboxylic acid groups (broad SMARTS) is 1. The van der Waals surface area contributed by atoms with E-state index in [0.29, 0.717) is 11.8 Å². The quantitative estimate of drug-likeness (QED) is 0.700. The lowest BCUT2D eigenvalue weighted by Gasteiger charge is -2.58. The van der Waals surface area contributed by atoms with Crippen molar-refractivity contribution in [3.8, 4) is 0 Å². The number of rotatable bonds is 6. The Morgan fingerprint density at radius 1 is 1.39 bits per heavy atom. The molecule has 0 heterocycles. The predicted molar refractivity (Wildman–Crippen MR) is 93.2 cm³/mol. The van der Waals surface area contributed by atoms with Crippen molar-refractivity contribution in [3.05, 3.63) is 12.2 Å². The van der Waals surface area contributed by atoms with Gasteiger partial charge in [-0.25, -0.2) is 0 Å². The number of aliphatic carboxylic acids is 1. The van der Waals surface area contributed by atoms with E-state index in [1.54, 1.807) is 0 Å². The summed E-state index contributed by atoms with van der Waals surface area (Å²) in [6.45, 7) is 11.3. The van der Waals surface area contributed by atoms with Crippen LogP contribution in [0.1, 0.15) is 72.1 Å². The fourth-order valence-electron chi connectivity index (χ4n) is 5.66. The SMILES string of the molecule is C=C1CC[C@@H]2[C@@](C)(CO)CCC[C@@]2(C)[C@H]1CC[C@H](C)CC(=O)O. The second kappa shape index (κ2) is 6.96. The number of hydrogen-bond donors (Lipinski definition) is 2. The van der Waals surface area contributed by atoms with Crippen LogP contribution in [0.25, 0.3) is 0 Å². The molecule has 2 fully saturated rings. The van der Waals surface area contributed by atoms with Gasteiger partial charge in [0, 0.05) is 13.0 Å². The second-order valence-corrected chi connectivity index (χ2v) is 8.75. The van der Waals surface area contributed by atoms with Crippen LogP contribution in [0.4, 0.5) is 0 Å². The highest BCUT2D eigenvalue weighted by Crippen LogP contribution is 2.61. The summed E-state index contributed by atoms with van der Waals surface area (Å²) in [4.78, 5) is 10.9. The van der Waals surface area contributed by atoms with Crippen LogP contribution in [-0.4, -0.2) is 22.8 Å². The molecule has 3 heteroatoms. The van der Waals surface area contributed by atoms with Crippen LogP contribution in [0.15, 0.2) is 12.2 Å². The number of aliphatic hydroxyl groups is 1. The van der Waals surface area contributed by atoms with Crippen LogP contribution in [0.2, 0.25) is 0 Å². The molecular weight excluding hydrogens is 288 g/mol. The Kier molecular flexibility index (Phi) is 5.60. The van der Waals surface area contributed by atoms with Crippen LogP contribution in [0, 0.1) is 28.6 Å². The van der Waals surface area contributed by atoms with Gasteiger partial charge in [0.2, 0.25) is 0 Å². The Labute approximate surface area is 141 Å². The van der Waals surface area contributed by atoms with Crippen molar-refractivity contribution in [1.29, 1.82) is 0 Å². The molecule has 2 N–H and O–H groups in total. The molecule has 23 heavy (non-hydrogen) atoms. The molecule has 0 aliphatic heterocycles. The maximum absolute atomic E-state index is 10.9. The lowest BCUT2D eigenvalue weighted by atomic mass is 9.46. The Bertz CT molecular complexity index is 458. The van der Waals surface area contributed by atoms with E-state index in [1.807, 2.05) is 6.92 Å². The number of carbonyl (C=O) groups is 1. The molecule has 0 amide bonds. The van der Waals surface area contributed by atoms with E-state index in [-0.39, 0.29) is 29.8 Å². The van der Waals surface area contributed by atoms with Gasteiger partial charge in [0.1, 0.15) is 0 Å². The zero-order chi connectivity index (χ0) is 17.3. The van der Waals surface area contributed by atoms with Gasteiger partial charge in [-0.3, -0.25) is 4.79 Å². The average Bonchev–Trinajstić information content (AvgIpc) is 2.45. The molecular formula is C20H34O3. The molecule has 2 rings (SSSR count). The zero-order valence-electron chi connectivity index (χ0n) is 15.1. The fourth-order valence-corrected chi connectivity index (χ4v) is 5.66. The molecule has 0 saturated heterocycles. The van der Waals surface area contributed by atoms with E-state index >= 15 is 0 Å². The van der Waals surface area contributed by atoms with Crippen molar-refractivity contribution in [2.75, 3.05) is 6.61 Å². The highest BCUT2D eigenvalue weighted by Gasteiger charge is 2.53. The molecule has 2 aliphatic rings. The van der Waals surface area contributed by atoms with E-state index in [9.17, 15) is 9.90 Å². The van der Waals surface area contributed by atoms with E-state index < -0.39 is 5.97 Å². The van der Waals surface area contributed by atoms with Gasteiger partial charge in [-0.1, -0.05) is 39.3 Å². The lowest BCUT2D eigenvalue weighted by Crippen LogP contribution is -2.51. The highest BCUT2D eigenvalue weighted by molar-refractivity contribution is 5.66. The predicted octanol–water partition coefficient (Wildman–Crippen LogP) is 4.65. The summed E-state index contributed by atoms with van der Waals surface area (Å²) < 4.78 is 0. The number of fused-ring (bicyclic) bond motifs is 1. The first-order chi connectivity index (χ1) is 10.7. The monoisotopic (exact) mass is 322 g/mol. The Hall–Kier alpha value is -0.830. The van der Waals surface area contributed by atoms with Gasteiger partial charge in [0.15, 0.2) is 0 Å². The molecule has 2 aliphatic carbocycles. The zero-order valence-corrected chi connectivity index (χ0v) is 15.1. The molecule has 0 bridgehead atoms. The molecule has 0 aromatic carbocycles. The number of aliphatic hydroxyl groups excluding tert-OH is 1. The summed E-state index contributed by atoms with van der Waals surface area (Å²) in [5, 5.41) is 19.0. The first kappa shape index (κ1) is 18.5. The van der Waals surface area contributed by atoms with E-state index in [2.05, 4.69) is 20.4 Å². The molecule has 0 aromatic rings. The van der Waals surface area contributed by atoms with Crippen molar-refractivity contribution in [1.82, 2.24) is 0 Å². The van der Waals surface area contributed by atoms with Crippen LogP contribution >= 0.6 is 0 Å². The Balaban J connectivity index is 2.14. The van der Waals surface area contributed by atoms with Gasteiger partial charge in [0.25, 0.3) is 0 Å². The molecule has 0 radical (unpaired) electrons. The molecule has 2 saturated carbocycles. The summed E-state index contributed by atoms with van der Waals surface area (Å²) in [7, 11) is 0. The van der Waals surface area contributed by atoms with Crippen molar-refractivity contribution < 1.29 is 15.0 Å². The number of hydrogen-bond acceptors (Lipinski definition) is 2. The standard InChI is InChI=1S/C20H34O3/c1-14(12-18(22)23)6-8-16-15(2)7-9-17-19(3,13-21)10-5-11-20(16,17)4/h14,16-17,21H,2,5-13H2,1,3-4H3,(H,22,23)/t14-,16-,17+,19+,20-/m0/s1. The third-order valence-electron chi connectivity index (χ3n) is 6.98. The summed E-state index contributed by atoms with van der Waals surface area (Å²) in [6, 6.07) is 0. The normalized spacial score (nSPS) is 38.9. The summed E-state index contributed by atoms with van der Waals surface area (Å²) in [6.07, 6.45) is 7.98. The third kappa shape index (κ3) is 3.65. The van der Waals surface area contributed by atoms with Gasteiger partial charge >= 0.3 is 5.97 Å². The van der Waals surface area contributed by atoms with Gasteiger partial charge in [-0.2, -0.15) is 0 Å². The third-order valence-corrected chi connectivity index (χ3v) is 6.98. The van der Waals surface area contributed by atoms with E-state index in [4.69, 9.17) is 5.11 Å². The van der Waals surface area contributed by atoms with Crippen molar-refractivity contribution in [2.45, 2.75) is 72.1 Å². The Morgan fingerprint density at radius 2 is 2.09 bits per heavy atom. The van der Waals surface area contributed by atoms with Crippen LogP contribution in [-0.2, 0) is 4.79 Å². The van der Waals surface area contributed by atoms with Crippen LogP contribution < -0.4 is 0 Å². The highest BCUT2D eigenvalue weighted by atomic mass is 16.4. The topological polar surface area (TPSA) is 57.5 Å². The van der Waals surface area contributed by atoms with E-state index in [1.165, 1.54) is 18.4 Å². The summed E-state index contributed by atoms with van der Waals surface area (Å²) in [5.74, 6) is 0.550. The van der Waals surface area contributed by atoms with Crippen molar-refractivity contribution in [2.24, 2.45) is 28.6 Å². The van der Waals surface area contributed by atoms with Crippen LogP contribution in [0.5, 0.6) is 0 Å². The van der Waals surface area contributed by atoms with Gasteiger partial charge in [-0.15, -0.1) is 0 Å². The number of carboxylic acids is 1. The minimum atomic E-state index is -0.699. The Morgan fingerprint density at radius 3 is 2.70 bits per heavy atom. The molecule has 3 nitrogen and oxygen atoms in total. The first-order valence-corrected chi connectivity index (χ1v) is 9.23. The second-order valence-electron chi connectivity index (χ2n) is 8.75. The van der Waals surface area contributed by atoms with Gasteiger partial charge in [0.05, 0.1) is 0 Å². The van der Waals surface area contributed by atoms with Crippen molar-refractivity contribution in [3.63, 3.8) is 0 Å². The van der Waals surface area contributed by atoms with Gasteiger partial charge in [-0.05, 0) is 67.1 Å². The molecule has 0 aromatic heterocycles. The smallest absolute Gasteiger partial charge is 0.303 e. The maximum Gasteiger partial charge on any atom is 0.303 e. The van der Waals surface area contributed by atoms with Gasteiger partial charge < -0.3 is 10.2 Å². The average molecular weight is 322 g/mol. The summed E-state index contributed by atoms with van der Waals surface area (Å²) in [5.41, 5.74) is 1.61. The van der Waals surface area contributed by atoms with Crippen LogP contribution in [0.3, 0.4) is 0 Å². The number of allylic oxidation sites excluding steroid dienone is 1. The lowest BCUT2D eigenvalue weighted by molar-refractivity contribution is -0.138. The molecule has 132 valence electrons. The summed E-state index contributed by atoms with van der Waals surface area (Å²) >= 11 is 0. The molecule has 0 unspecified atom stereocenters. The molecule has 0 spiro atoms. The minimum absolute atomic E-state index is 0.0403.